The first kappa shape index (κ1) is 12.3. The van der Waals surface area contributed by atoms with E-state index < -0.39 is 0 Å². The van der Waals surface area contributed by atoms with Crippen LogP contribution in [0.3, 0.4) is 0 Å². The Kier molecular flexibility index (Phi) is 1.99. The van der Waals surface area contributed by atoms with Gasteiger partial charge in [0.05, 0.1) is 0 Å². The van der Waals surface area contributed by atoms with Crippen LogP contribution in [0.2, 0.25) is 0 Å². The maximum atomic E-state index is 4.47. The first-order chi connectivity index (χ1) is 9.52. The fraction of sp³-hybridized carbons (Fsp3) is 0.900. The number of hydrogen-bond acceptors (Lipinski definition) is 0. The smallest absolute Gasteiger partial charge is 0.0170 e. The predicted molar refractivity (Wildman–Crippen MR) is 83.1 cm³/mol. The van der Waals surface area contributed by atoms with E-state index in [1.54, 1.807) is 12.0 Å². The van der Waals surface area contributed by atoms with E-state index in [-0.39, 0.29) is 0 Å². The lowest BCUT2D eigenvalue weighted by molar-refractivity contribution is -0.131. The van der Waals surface area contributed by atoms with E-state index in [0.29, 0.717) is 0 Å². The molecule has 0 heterocycles. The number of hydrogen-bond donors (Lipinski definition) is 0. The van der Waals surface area contributed by atoms with Gasteiger partial charge in [0.2, 0.25) is 0 Å². The topological polar surface area (TPSA) is 0 Å². The zero-order chi connectivity index (χ0) is 14.0. The highest BCUT2D eigenvalue weighted by Gasteiger charge is 2.88. The summed E-state index contributed by atoms with van der Waals surface area (Å²) in [6.07, 6.45) is 5.86. The average Bonchev–Trinajstić information content (AvgIpc) is 3.05. The third-order valence-electron chi connectivity index (χ3n) is 9.85. The molecule has 6 aliphatic rings. The van der Waals surface area contributed by atoms with Gasteiger partial charge in [0.15, 0.2) is 0 Å². The highest BCUT2D eigenvalue weighted by Crippen LogP contribution is 2.93. The minimum absolute atomic E-state index is 0.729. The van der Waals surface area contributed by atoms with Gasteiger partial charge < -0.3 is 0 Å². The van der Waals surface area contributed by atoms with Crippen LogP contribution in [0.5, 0.6) is 0 Å². The van der Waals surface area contributed by atoms with Crippen LogP contribution >= 0.6 is 0 Å². The van der Waals surface area contributed by atoms with Crippen molar-refractivity contribution in [2.45, 2.75) is 53.4 Å². The molecule has 10 unspecified atom stereocenters. The zero-order valence-electron chi connectivity index (χ0n) is 13.7. The fourth-order valence-corrected chi connectivity index (χ4v) is 9.62. The molecule has 6 saturated carbocycles. The molecule has 0 N–H and O–H groups in total. The molecule has 0 amide bonds. The molecule has 6 aliphatic carbocycles. The summed E-state index contributed by atoms with van der Waals surface area (Å²) in [6, 6.07) is 0. The molecule has 0 saturated heterocycles. The Hall–Kier alpha value is -0.260. The minimum Gasteiger partial charge on any atom is -0.0996 e. The molecule has 6 rings (SSSR count). The van der Waals surface area contributed by atoms with Crippen molar-refractivity contribution in [3.63, 3.8) is 0 Å². The van der Waals surface area contributed by atoms with E-state index in [0.717, 1.165) is 58.2 Å². The van der Waals surface area contributed by atoms with Crippen LogP contribution < -0.4 is 0 Å². The molecular weight excluding hydrogens is 240 g/mol. The summed E-state index contributed by atoms with van der Waals surface area (Å²) in [5, 5.41) is 0. The van der Waals surface area contributed by atoms with E-state index >= 15 is 0 Å². The molecule has 0 aromatic rings. The van der Waals surface area contributed by atoms with Crippen LogP contribution in [-0.4, -0.2) is 0 Å². The van der Waals surface area contributed by atoms with E-state index in [4.69, 9.17) is 0 Å². The van der Waals surface area contributed by atoms with Crippen molar-refractivity contribution in [2.75, 3.05) is 0 Å². The molecule has 6 bridgehead atoms. The third kappa shape index (κ3) is 0.823. The molecule has 6 fully saturated rings. The number of rotatable bonds is 1. The Morgan fingerprint density at radius 3 is 2.60 bits per heavy atom. The standard InChI is InChI=1S/C20H30/c1-6-19-14-9-15-17(19)11(3)10(2)7-8-16(19)20(15)13(5)12(4)18(14)20/h11-18H,2,6-9H2,1,3-5H3. The quantitative estimate of drug-likeness (QED) is 0.578. The molecule has 20 heavy (non-hydrogen) atoms. The molecule has 0 aromatic heterocycles. The highest BCUT2D eigenvalue weighted by molar-refractivity contribution is 5.37. The van der Waals surface area contributed by atoms with Gasteiger partial charge in [-0.25, -0.2) is 0 Å². The van der Waals surface area contributed by atoms with E-state index in [9.17, 15) is 0 Å². The first-order valence-corrected chi connectivity index (χ1v) is 9.20. The van der Waals surface area contributed by atoms with E-state index in [1.165, 1.54) is 19.3 Å². The van der Waals surface area contributed by atoms with Crippen molar-refractivity contribution in [3.8, 4) is 0 Å². The summed E-state index contributed by atoms with van der Waals surface area (Å²) in [6.45, 7) is 14.7. The van der Waals surface area contributed by atoms with Gasteiger partial charge in [0, 0.05) is 0 Å². The SMILES string of the molecule is C=C1CCC2C3(CC)C4CC(C3C1C)C21C(C)C(C)C41. The molecule has 0 radical (unpaired) electrons. The lowest BCUT2D eigenvalue weighted by Gasteiger charge is -2.60. The number of allylic oxidation sites excluding steroid dienone is 1. The van der Waals surface area contributed by atoms with Crippen molar-refractivity contribution in [2.24, 2.45) is 58.2 Å². The van der Waals surface area contributed by atoms with Crippen LogP contribution in [0, 0.1) is 58.2 Å². The van der Waals surface area contributed by atoms with Crippen LogP contribution in [0.15, 0.2) is 12.2 Å². The summed E-state index contributed by atoms with van der Waals surface area (Å²) in [4.78, 5) is 0. The lowest BCUT2D eigenvalue weighted by atomic mass is 9.44. The average molecular weight is 270 g/mol. The summed E-state index contributed by atoms with van der Waals surface area (Å²) in [5.74, 6) is 8.16. The summed E-state index contributed by atoms with van der Waals surface area (Å²) < 4.78 is 0. The fourth-order valence-electron chi connectivity index (χ4n) is 9.62. The van der Waals surface area contributed by atoms with Crippen LogP contribution in [0.25, 0.3) is 0 Å². The highest BCUT2D eigenvalue weighted by atomic mass is 14.9. The van der Waals surface area contributed by atoms with E-state index in [1.807, 2.05) is 0 Å². The molecular formula is C20H30. The molecule has 10 atom stereocenters. The summed E-state index contributed by atoms with van der Waals surface area (Å²) in [7, 11) is 0. The van der Waals surface area contributed by atoms with Gasteiger partial charge in [-0.15, -0.1) is 0 Å². The van der Waals surface area contributed by atoms with Gasteiger partial charge in [-0.1, -0.05) is 39.8 Å². The van der Waals surface area contributed by atoms with Gasteiger partial charge >= 0.3 is 0 Å². The Labute approximate surface area is 124 Å². The lowest BCUT2D eigenvalue weighted by Crippen LogP contribution is -2.56. The maximum absolute atomic E-state index is 4.47. The maximum Gasteiger partial charge on any atom is -0.0170 e. The van der Waals surface area contributed by atoms with Crippen molar-refractivity contribution < 1.29 is 0 Å². The second kappa shape index (κ2) is 3.23. The first-order valence-electron chi connectivity index (χ1n) is 9.20. The van der Waals surface area contributed by atoms with Crippen LogP contribution in [0.4, 0.5) is 0 Å². The predicted octanol–water partition coefficient (Wildman–Crippen LogP) is 5.15. The Morgan fingerprint density at radius 1 is 1.15 bits per heavy atom. The second-order valence-corrected chi connectivity index (χ2v) is 9.15. The van der Waals surface area contributed by atoms with Crippen molar-refractivity contribution in [3.05, 3.63) is 12.2 Å². The minimum atomic E-state index is 0.729. The second-order valence-electron chi connectivity index (χ2n) is 9.15. The Bertz CT molecular complexity index is 504. The van der Waals surface area contributed by atoms with Gasteiger partial charge in [0.25, 0.3) is 0 Å². The van der Waals surface area contributed by atoms with Crippen molar-refractivity contribution in [1.82, 2.24) is 0 Å². The third-order valence-corrected chi connectivity index (χ3v) is 9.85. The van der Waals surface area contributed by atoms with Crippen molar-refractivity contribution >= 4 is 0 Å². The van der Waals surface area contributed by atoms with E-state index in [2.05, 4.69) is 34.3 Å². The van der Waals surface area contributed by atoms with Crippen molar-refractivity contribution in [1.29, 1.82) is 0 Å². The van der Waals surface area contributed by atoms with Gasteiger partial charge in [0.1, 0.15) is 0 Å². The Balaban J connectivity index is 1.74. The molecule has 1 spiro atoms. The molecule has 0 nitrogen and oxygen atoms in total. The largest absolute Gasteiger partial charge is 0.0996 e. The Morgan fingerprint density at radius 2 is 1.90 bits per heavy atom. The van der Waals surface area contributed by atoms with Crippen LogP contribution in [0.1, 0.15) is 53.4 Å². The zero-order valence-corrected chi connectivity index (χ0v) is 13.7. The summed E-state index contributed by atoms with van der Waals surface area (Å²) in [5.41, 5.74) is 3.11. The van der Waals surface area contributed by atoms with Crippen LogP contribution in [-0.2, 0) is 0 Å². The molecule has 110 valence electrons. The summed E-state index contributed by atoms with van der Waals surface area (Å²) >= 11 is 0. The monoisotopic (exact) mass is 270 g/mol. The molecule has 0 aromatic carbocycles. The van der Waals surface area contributed by atoms with Gasteiger partial charge in [-0.3, -0.25) is 0 Å². The normalized spacial score (nSPS) is 69.1. The molecule has 0 heteroatoms. The van der Waals surface area contributed by atoms with Gasteiger partial charge in [-0.2, -0.15) is 0 Å². The van der Waals surface area contributed by atoms with Gasteiger partial charge in [-0.05, 0) is 83.9 Å². The molecule has 0 aliphatic heterocycles.